The molecule has 1 aromatic carbocycles. The minimum absolute atomic E-state index is 0.0815. The lowest BCUT2D eigenvalue weighted by molar-refractivity contribution is 0.0935. The Hall–Kier alpha value is -1.75. The van der Waals surface area contributed by atoms with Gasteiger partial charge in [-0.2, -0.15) is 0 Å². The van der Waals surface area contributed by atoms with E-state index in [2.05, 4.69) is 12.2 Å². The molecule has 5 nitrogen and oxygen atoms in total. The van der Waals surface area contributed by atoms with Crippen molar-refractivity contribution in [2.75, 3.05) is 6.54 Å². The summed E-state index contributed by atoms with van der Waals surface area (Å²) in [7, 11) is 0. The van der Waals surface area contributed by atoms with Crippen LogP contribution in [0.15, 0.2) is 18.2 Å². The van der Waals surface area contributed by atoms with E-state index in [0.717, 1.165) is 19.3 Å². The van der Waals surface area contributed by atoms with Gasteiger partial charge in [0.25, 0.3) is 5.91 Å². The highest BCUT2D eigenvalue weighted by Crippen LogP contribution is 2.20. The lowest BCUT2D eigenvalue weighted by Gasteiger charge is -2.16. The van der Waals surface area contributed by atoms with E-state index in [1.54, 1.807) is 0 Å². The number of carbonyl (C=O) groups excluding carboxylic acids is 1. The number of benzene rings is 1. The van der Waals surface area contributed by atoms with E-state index in [1.807, 2.05) is 0 Å². The molecule has 0 heterocycles. The highest BCUT2D eigenvalue weighted by Gasteiger charge is 2.13. The average Bonchev–Trinajstić information content (AvgIpc) is 2.32. The monoisotopic (exact) mass is 252 g/mol. The summed E-state index contributed by atoms with van der Waals surface area (Å²) in [6, 6.07) is 3.71. The number of nitrogens with one attached hydrogen (secondary N) is 1. The molecule has 0 saturated heterocycles. The van der Waals surface area contributed by atoms with Crippen molar-refractivity contribution in [2.24, 2.45) is 5.73 Å². The molecule has 0 aliphatic carbocycles. The average molecular weight is 252 g/mol. The Morgan fingerprint density at radius 3 is 2.44 bits per heavy atom. The van der Waals surface area contributed by atoms with Crippen LogP contribution in [0.5, 0.6) is 11.5 Å². The quantitative estimate of drug-likeness (QED) is 0.614. The second-order valence-corrected chi connectivity index (χ2v) is 4.29. The fourth-order valence-corrected chi connectivity index (χ4v) is 1.69. The van der Waals surface area contributed by atoms with Crippen LogP contribution in [0.4, 0.5) is 0 Å². The number of rotatable bonds is 6. The van der Waals surface area contributed by atoms with E-state index in [4.69, 9.17) is 5.73 Å². The third-order valence-corrected chi connectivity index (χ3v) is 2.69. The normalized spacial score (nSPS) is 12.1. The Kier molecular flexibility index (Phi) is 5.45. The molecule has 1 unspecified atom stereocenters. The van der Waals surface area contributed by atoms with Crippen molar-refractivity contribution in [3.8, 4) is 11.5 Å². The van der Waals surface area contributed by atoms with Crippen molar-refractivity contribution in [3.63, 3.8) is 0 Å². The number of phenols is 2. The fourth-order valence-electron chi connectivity index (χ4n) is 1.69. The minimum Gasteiger partial charge on any atom is -0.508 e. The van der Waals surface area contributed by atoms with Crippen molar-refractivity contribution < 1.29 is 15.0 Å². The molecule has 0 fully saturated rings. The van der Waals surface area contributed by atoms with E-state index >= 15 is 0 Å². The Balaban J connectivity index is 2.68. The van der Waals surface area contributed by atoms with Crippen LogP contribution < -0.4 is 11.1 Å². The van der Waals surface area contributed by atoms with Crippen molar-refractivity contribution in [2.45, 2.75) is 32.2 Å². The van der Waals surface area contributed by atoms with Crippen molar-refractivity contribution in [3.05, 3.63) is 23.8 Å². The molecular formula is C13H20N2O3. The number of hydrogen-bond donors (Lipinski definition) is 4. The zero-order valence-electron chi connectivity index (χ0n) is 10.5. The second kappa shape index (κ2) is 6.86. The summed E-state index contributed by atoms with van der Waals surface area (Å²) in [5.41, 5.74) is 5.81. The number of unbranched alkanes of at least 4 members (excludes halogenated alkanes) is 1. The van der Waals surface area contributed by atoms with Crippen LogP contribution in [0, 0.1) is 0 Å². The van der Waals surface area contributed by atoms with Gasteiger partial charge in [-0.1, -0.05) is 19.8 Å². The highest BCUT2D eigenvalue weighted by molar-refractivity contribution is 5.95. The molecule has 18 heavy (non-hydrogen) atoms. The molecule has 1 aromatic rings. The molecular weight excluding hydrogens is 232 g/mol. The Morgan fingerprint density at radius 2 is 1.94 bits per heavy atom. The first-order valence-electron chi connectivity index (χ1n) is 6.10. The van der Waals surface area contributed by atoms with Gasteiger partial charge in [0, 0.05) is 24.2 Å². The predicted octanol–water partition coefficient (Wildman–Crippen LogP) is 1.35. The van der Waals surface area contributed by atoms with Gasteiger partial charge in [-0.3, -0.25) is 4.79 Å². The maximum Gasteiger partial charge on any atom is 0.251 e. The summed E-state index contributed by atoms with van der Waals surface area (Å²) < 4.78 is 0. The molecule has 0 aliphatic rings. The highest BCUT2D eigenvalue weighted by atomic mass is 16.3. The molecule has 1 rings (SSSR count). The van der Waals surface area contributed by atoms with E-state index in [-0.39, 0.29) is 29.0 Å². The first-order valence-corrected chi connectivity index (χ1v) is 6.10. The molecule has 0 saturated carbocycles. The molecule has 5 N–H and O–H groups in total. The number of phenolic OH excluding ortho intramolecular Hbond substituents is 2. The molecule has 100 valence electrons. The van der Waals surface area contributed by atoms with Gasteiger partial charge >= 0.3 is 0 Å². The van der Waals surface area contributed by atoms with Crippen LogP contribution in [0.2, 0.25) is 0 Å². The van der Waals surface area contributed by atoms with Crippen molar-refractivity contribution in [1.82, 2.24) is 5.32 Å². The van der Waals surface area contributed by atoms with Gasteiger partial charge in [-0.05, 0) is 18.6 Å². The molecule has 0 aliphatic heterocycles. The van der Waals surface area contributed by atoms with E-state index in [0.29, 0.717) is 6.54 Å². The Morgan fingerprint density at radius 1 is 1.33 bits per heavy atom. The summed E-state index contributed by atoms with van der Waals surface area (Å²) in [6.45, 7) is 2.44. The lowest BCUT2D eigenvalue weighted by atomic mass is 10.1. The maximum absolute atomic E-state index is 11.9. The third kappa shape index (κ3) is 4.25. The van der Waals surface area contributed by atoms with Crippen LogP contribution in [-0.4, -0.2) is 28.7 Å². The van der Waals surface area contributed by atoms with Crippen LogP contribution in [0.3, 0.4) is 0 Å². The topological polar surface area (TPSA) is 95.6 Å². The van der Waals surface area contributed by atoms with Crippen LogP contribution in [0.1, 0.15) is 36.5 Å². The fraction of sp³-hybridized carbons (Fsp3) is 0.462. The Bertz CT molecular complexity index is 387. The second-order valence-electron chi connectivity index (χ2n) is 4.29. The molecule has 0 bridgehead atoms. The zero-order valence-corrected chi connectivity index (χ0v) is 10.5. The largest absolute Gasteiger partial charge is 0.508 e. The van der Waals surface area contributed by atoms with Crippen molar-refractivity contribution >= 4 is 5.91 Å². The first kappa shape index (κ1) is 14.3. The summed E-state index contributed by atoms with van der Waals surface area (Å²) in [6.07, 6.45) is 2.86. The number of amides is 1. The number of carbonyl (C=O) groups is 1. The van der Waals surface area contributed by atoms with Gasteiger partial charge in [0.1, 0.15) is 11.5 Å². The molecule has 1 atom stereocenters. The Labute approximate surface area is 107 Å². The molecule has 1 amide bonds. The zero-order chi connectivity index (χ0) is 13.5. The summed E-state index contributed by atoms with van der Waals surface area (Å²) >= 11 is 0. The van der Waals surface area contributed by atoms with Gasteiger partial charge in [0.15, 0.2) is 0 Å². The van der Waals surface area contributed by atoms with Gasteiger partial charge < -0.3 is 21.3 Å². The molecule has 5 heteroatoms. The standard InChI is InChI=1S/C13H20N2O3/c1-2-3-4-10(8-14)15-13(18)9-5-11(16)7-12(17)6-9/h5-7,10,16-17H,2-4,8,14H2,1H3,(H,15,18). The van der Waals surface area contributed by atoms with Gasteiger partial charge in [0.2, 0.25) is 0 Å². The van der Waals surface area contributed by atoms with Gasteiger partial charge in [-0.25, -0.2) is 0 Å². The minimum atomic E-state index is -0.340. The van der Waals surface area contributed by atoms with Gasteiger partial charge in [-0.15, -0.1) is 0 Å². The van der Waals surface area contributed by atoms with E-state index in [9.17, 15) is 15.0 Å². The molecule has 0 aromatic heterocycles. The summed E-state index contributed by atoms with van der Waals surface area (Å²) in [4.78, 5) is 11.9. The smallest absolute Gasteiger partial charge is 0.251 e. The predicted molar refractivity (Wildman–Crippen MR) is 69.6 cm³/mol. The van der Waals surface area contributed by atoms with Crippen LogP contribution in [-0.2, 0) is 0 Å². The van der Waals surface area contributed by atoms with Crippen LogP contribution >= 0.6 is 0 Å². The van der Waals surface area contributed by atoms with Crippen LogP contribution in [0.25, 0.3) is 0 Å². The SMILES string of the molecule is CCCCC(CN)NC(=O)c1cc(O)cc(O)c1. The number of hydrogen-bond acceptors (Lipinski definition) is 4. The van der Waals surface area contributed by atoms with Crippen molar-refractivity contribution in [1.29, 1.82) is 0 Å². The van der Waals surface area contributed by atoms with E-state index < -0.39 is 0 Å². The molecule has 0 radical (unpaired) electrons. The summed E-state index contributed by atoms with van der Waals surface area (Å²) in [5.74, 6) is -0.622. The summed E-state index contributed by atoms with van der Waals surface area (Å²) in [5, 5.41) is 21.4. The van der Waals surface area contributed by atoms with E-state index in [1.165, 1.54) is 18.2 Å². The number of aromatic hydroxyl groups is 2. The molecule has 0 spiro atoms. The van der Waals surface area contributed by atoms with Gasteiger partial charge in [0.05, 0.1) is 0 Å². The first-order chi connectivity index (χ1) is 8.56. The third-order valence-electron chi connectivity index (χ3n) is 2.69. The maximum atomic E-state index is 11.9. The number of nitrogens with two attached hydrogens (primary N) is 1. The lowest BCUT2D eigenvalue weighted by Crippen LogP contribution is -2.40.